The summed E-state index contributed by atoms with van der Waals surface area (Å²) in [5.41, 5.74) is 0. The average molecular weight is 371 g/mol. The molecule has 0 amide bonds. The molecule has 0 saturated heterocycles. The first-order chi connectivity index (χ1) is 11.7. The molecule has 0 rings (SSSR count). The van der Waals surface area contributed by atoms with Crippen molar-refractivity contribution in [1.29, 1.82) is 0 Å². The zero-order chi connectivity index (χ0) is 19.6. The van der Waals surface area contributed by atoms with E-state index >= 15 is 0 Å². The molecule has 0 saturated carbocycles. The van der Waals surface area contributed by atoms with E-state index in [2.05, 4.69) is 0 Å². The van der Waals surface area contributed by atoms with Gasteiger partial charge in [0.1, 0.15) is 30.5 Å². The number of nitrogens with zero attached hydrogens (tertiary/aromatic N) is 1. The van der Waals surface area contributed by atoms with Crippen LogP contribution in [0.2, 0.25) is 0 Å². The Morgan fingerprint density at radius 1 is 0.640 bits per heavy atom. The SMILES string of the molecule is CCCCN(C[C@H](O)[C@@H](O)[C@H](O)[C@H](O)CO)C[C@H](O)[C@@H](O)[C@H](O)CO. The molecule has 0 spiro atoms. The summed E-state index contributed by atoms with van der Waals surface area (Å²) < 4.78 is 0. The maximum atomic E-state index is 10.0. The third-order valence-corrected chi connectivity index (χ3v) is 4.02. The maximum Gasteiger partial charge on any atom is 0.111 e. The smallest absolute Gasteiger partial charge is 0.111 e. The van der Waals surface area contributed by atoms with Gasteiger partial charge in [0, 0.05) is 13.1 Å². The van der Waals surface area contributed by atoms with Crippen molar-refractivity contribution in [3.8, 4) is 0 Å². The number of rotatable bonds is 14. The van der Waals surface area contributed by atoms with Gasteiger partial charge in [-0.2, -0.15) is 0 Å². The Labute approximate surface area is 147 Å². The van der Waals surface area contributed by atoms with E-state index in [1.54, 1.807) is 0 Å². The summed E-state index contributed by atoms with van der Waals surface area (Å²) in [5.74, 6) is 0. The fraction of sp³-hybridized carbons (Fsp3) is 1.00. The molecule has 10 heteroatoms. The summed E-state index contributed by atoms with van der Waals surface area (Å²) >= 11 is 0. The maximum absolute atomic E-state index is 10.0. The Balaban J connectivity index is 4.80. The van der Waals surface area contributed by atoms with E-state index in [4.69, 9.17) is 10.2 Å². The Kier molecular flexibility index (Phi) is 12.7. The quantitative estimate of drug-likeness (QED) is 0.144. The van der Waals surface area contributed by atoms with Gasteiger partial charge in [-0.15, -0.1) is 0 Å². The fourth-order valence-electron chi connectivity index (χ4n) is 2.31. The molecule has 10 nitrogen and oxygen atoms in total. The van der Waals surface area contributed by atoms with Crippen LogP contribution in [0.5, 0.6) is 0 Å². The molecule has 0 radical (unpaired) electrons. The molecule has 0 aliphatic carbocycles. The first-order valence-electron chi connectivity index (χ1n) is 8.40. The van der Waals surface area contributed by atoms with Crippen molar-refractivity contribution in [1.82, 2.24) is 4.90 Å². The van der Waals surface area contributed by atoms with Gasteiger partial charge in [0.05, 0.1) is 25.4 Å². The third-order valence-electron chi connectivity index (χ3n) is 4.02. The lowest BCUT2D eigenvalue weighted by Crippen LogP contribution is -2.52. The number of aliphatic hydroxyl groups excluding tert-OH is 9. The second-order valence-electron chi connectivity index (χ2n) is 6.22. The van der Waals surface area contributed by atoms with Gasteiger partial charge in [-0.1, -0.05) is 13.3 Å². The lowest BCUT2D eigenvalue weighted by Gasteiger charge is -2.32. The van der Waals surface area contributed by atoms with Crippen molar-refractivity contribution < 1.29 is 46.0 Å². The van der Waals surface area contributed by atoms with Crippen LogP contribution < -0.4 is 0 Å². The van der Waals surface area contributed by atoms with Gasteiger partial charge in [0.2, 0.25) is 0 Å². The molecule has 0 heterocycles. The van der Waals surface area contributed by atoms with Crippen LogP contribution in [0.4, 0.5) is 0 Å². The molecule has 152 valence electrons. The highest BCUT2D eigenvalue weighted by Crippen LogP contribution is 2.10. The monoisotopic (exact) mass is 371 g/mol. The van der Waals surface area contributed by atoms with E-state index < -0.39 is 55.9 Å². The summed E-state index contributed by atoms with van der Waals surface area (Å²) in [4.78, 5) is 1.52. The number of hydrogen-bond donors (Lipinski definition) is 9. The van der Waals surface area contributed by atoms with E-state index in [-0.39, 0.29) is 13.1 Å². The third kappa shape index (κ3) is 8.69. The summed E-state index contributed by atoms with van der Waals surface area (Å²) in [6.07, 6.45) is -9.58. The first kappa shape index (κ1) is 24.6. The number of unbranched alkanes of at least 4 members (excludes halogenated alkanes) is 1. The second-order valence-corrected chi connectivity index (χ2v) is 6.22. The molecule has 0 unspecified atom stereocenters. The van der Waals surface area contributed by atoms with Crippen molar-refractivity contribution in [2.75, 3.05) is 32.8 Å². The summed E-state index contributed by atoms with van der Waals surface area (Å²) in [5, 5.41) is 85.4. The molecule has 0 bridgehead atoms. The predicted octanol–water partition coefficient (Wildman–Crippen LogP) is -4.40. The minimum atomic E-state index is -1.75. The topological polar surface area (TPSA) is 185 Å². The molecule has 25 heavy (non-hydrogen) atoms. The van der Waals surface area contributed by atoms with Crippen molar-refractivity contribution in [3.63, 3.8) is 0 Å². The predicted molar refractivity (Wildman–Crippen MR) is 87.6 cm³/mol. The fourth-order valence-corrected chi connectivity index (χ4v) is 2.31. The van der Waals surface area contributed by atoms with Crippen LogP contribution in [0.25, 0.3) is 0 Å². The van der Waals surface area contributed by atoms with Gasteiger partial charge >= 0.3 is 0 Å². The molecule has 0 aliphatic rings. The van der Waals surface area contributed by atoms with Crippen LogP contribution in [-0.4, -0.2) is 126 Å². The number of hydrogen-bond acceptors (Lipinski definition) is 10. The normalized spacial score (nSPS) is 20.8. The zero-order valence-corrected chi connectivity index (χ0v) is 14.5. The highest BCUT2D eigenvalue weighted by molar-refractivity contribution is 4.84. The van der Waals surface area contributed by atoms with Crippen molar-refractivity contribution in [2.45, 2.75) is 62.5 Å². The Bertz CT molecular complexity index is 336. The van der Waals surface area contributed by atoms with Crippen LogP contribution in [0.15, 0.2) is 0 Å². The summed E-state index contributed by atoms with van der Waals surface area (Å²) in [7, 11) is 0. The van der Waals surface area contributed by atoms with E-state index in [1.807, 2.05) is 6.92 Å². The standard InChI is InChI=1S/C15H33NO9/c1-2-3-4-16(5-9(19)13(23)11(21)7-17)6-10(20)14(24)15(25)12(22)8-18/h9-15,17-25H,2-8H2,1H3/t9-,10-,11+,12+,13+,14+,15+/m0/s1. The van der Waals surface area contributed by atoms with Crippen molar-refractivity contribution >= 4 is 0 Å². The van der Waals surface area contributed by atoms with Crippen LogP contribution in [0, 0.1) is 0 Å². The Hall–Kier alpha value is -0.400. The molecule has 0 aromatic carbocycles. The molecular formula is C15H33NO9. The highest BCUT2D eigenvalue weighted by Gasteiger charge is 2.32. The molecule has 9 N–H and O–H groups in total. The minimum absolute atomic E-state index is 0.152. The Morgan fingerprint density at radius 3 is 1.48 bits per heavy atom. The van der Waals surface area contributed by atoms with Gasteiger partial charge in [0.25, 0.3) is 0 Å². The van der Waals surface area contributed by atoms with Crippen LogP contribution in [0.3, 0.4) is 0 Å². The van der Waals surface area contributed by atoms with E-state index in [9.17, 15) is 35.7 Å². The largest absolute Gasteiger partial charge is 0.394 e. The second kappa shape index (κ2) is 12.9. The van der Waals surface area contributed by atoms with Crippen LogP contribution in [-0.2, 0) is 0 Å². The molecule has 0 fully saturated rings. The Morgan fingerprint density at radius 2 is 1.04 bits per heavy atom. The zero-order valence-electron chi connectivity index (χ0n) is 14.5. The highest BCUT2D eigenvalue weighted by atomic mass is 16.4. The molecular weight excluding hydrogens is 338 g/mol. The van der Waals surface area contributed by atoms with Crippen LogP contribution in [0.1, 0.15) is 19.8 Å². The van der Waals surface area contributed by atoms with Crippen molar-refractivity contribution in [3.05, 3.63) is 0 Å². The molecule has 0 aromatic heterocycles. The van der Waals surface area contributed by atoms with Gasteiger partial charge in [-0.3, -0.25) is 4.90 Å². The van der Waals surface area contributed by atoms with Gasteiger partial charge in [-0.25, -0.2) is 0 Å². The lowest BCUT2D eigenvalue weighted by atomic mass is 10.0. The number of aliphatic hydroxyl groups is 9. The van der Waals surface area contributed by atoms with E-state index in [0.717, 1.165) is 6.42 Å². The van der Waals surface area contributed by atoms with Crippen LogP contribution >= 0.6 is 0 Å². The lowest BCUT2D eigenvalue weighted by molar-refractivity contribution is -0.123. The van der Waals surface area contributed by atoms with Crippen molar-refractivity contribution in [2.24, 2.45) is 0 Å². The van der Waals surface area contributed by atoms with Gasteiger partial charge in [0.15, 0.2) is 0 Å². The summed E-state index contributed by atoms with van der Waals surface area (Å²) in [6, 6.07) is 0. The summed E-state index contributed by atoms with van der Waals surface area (Å²) in [6.45, 7) is 0.480. The molecule has 0 aromatic rings. The average Bonchev–Trinajstić information content (AvgIpc) is 2.62. The minimum Gasteiger partial charge on any atom is -0.394 e. The van der Waals surface area contributed by atoms with Gasteiger partial charge in [-0.05, 0) is 13.0 Å². The first-order valence-corrected chi connectivity index (χ1v) is 8.40. The molecule has 7 atom stereocenters. The molecule has 0 aliphatic heterocycles. The van der Waals surface area contributed by atoms with E-state index in [1.165, 1.54) is 4.90 Å². The van der Waals surface area contributed by atoms with E-state index in [0.29, 0.717) is 13.0 Å². The van der Waals surface area contributed by atoms with Gasteiger partial charge < -0.3 is 46.0 Å².